The van der Waals surface area contributed by atoms with Crippen LogP contribution < -0.4 is 20.7 Å². The number of aryl methyl sites for hydroxylation is 2. The van der Waals surface area contributed by atoms with Crippen molar-refractivity contribution in [3.8, 4) is 5.75 Å². The normalized spacial score (nSPS) is 10.1. The number of carboxylic acids is 1. The van der Waals surface area contributed by atoms with Gasteiger partial charge in [-0.1, -0.05) is 6.07 Å². The second-order valence-corrected chi connectivity index (χ2v) is 6.14. The maximum atomic E-state index is 12.6. The molecule has 2 aromatic rings. The van der Waals surface area contributed by atoms with Gasteiger partial charge in [0.25, 0.3) is 5.91 Å². The van der Waals surface area contributed by atoms with Crippen molar-refractivity contribution in [1.82, 2.24) is 5.32 Å². The van der Waals surface area contributed by atoms with E-state index < -0.39 is 12.6 Å². The zero-order valence-corrected chi connectivity index (χ0v) is 16.0. The summed E-state index contributed by atoms with van der Waals surface area (Å²) in [5, 5.41) is 16.8. The highest BCUT2D eigenvalue weighted by Crippen LogP contribution is 2.25. The van der Waals surface area contributed by atoms with Gasteiger partial charge in [-0.2, -0.15) is 0 Å². The smallest absolute Gasteiger partial charge is 0.341 e. The lowest BCUT2D eigenvalue weighted by Crippen LogP contribution is -2.28. The highest BCUT2D eigenvalue weighted by atomic mass is 16.5. The van der Waals surface area contributed by atoms with Gasteiger partial charge >= 0.3 is 12.0 Å². The molecule has 0 unspecified atom stereocenters. The van der Waals surface area contributed by atoms with Crippen LogP contribution in [0.3, 0.4) is 0 Å². The lowest BCUT2D eigenvalue weighted by molar-refractivity contribution is -0.139. The van der Waals surface area contributed by atoms with E-state index in [1.807, 2.05) is 6.92 Å². The average molecular weight is 385 g/mol. The van der Waals surface area contributed by atoms with Gasteiger partial charge in [-0.05, 0) is 62.2 Å². The molecule has 0 spiro atoms. The Morgan fingerprint density at radius 2 is 1.61 bits per heavy atom. The molecule has 8 heteroatoms. The number of nitrogens with one attached hydrogen (secondary N) is 3. The number of carbonyl (C=O) groups excluding carboxylic acids is 2. The summed E-state index contributed by atoms with van der Waals surface area (Å²) in [4.78, 5) is 34.9. The average Bonchev–Trinajstić information content (AvgIpc) is 2.61. The summed E-state index contributed by atoms with van der Waals surface area (Å²) < 4.78 is 5.28. The minimum absolute atomic E-state index is 0.325. The minimum atomic E-state index is -1.07. The first-order valence-corrected chi connectivity index (χ1v) is 8.72. The summed E-state index contributed by atoms with van der Waals surface area (Å²) >= 11 is 0. The first kappa shape index (κ1) is 20.8. The van der Waals surface area contributed by atoms with E-state index in [1.165, 1.54) is 0 Å². The fraction of sp³-hybridized carbons (Fsp3) is 0.250. The van der Waals surface area contributed by atoms with Crippen LogP contribution in [0.2, 0.25) is 0 Å². The lowest BCUT2D eigenvalue weighted by atomic mass is 10.0. The summed E-state index contributed by atoms with van der Waals surface area (Å²) in [7, 11) is 0. The number of ether oxygens (including phenoxy) is 1. The summed E-state index contributed by atoms with van der Waals surface area (Å²) in [5.41, 5.74) is 2.82. The van der Waals surface area contributed by atoms with Crippen LogP contribution in [0, 0.1) is 13.8 Å². The van der Waals surface area contributed by atoms with Crippen molar-refractivity contribution in [3.05, 3.63) is 53.1 Å². The largest absolute Gasteiger partial charge is 0.481 e. The van der Waals surface area contributed by atoms with Crippen molar-refractivity contribution >= 4 is 29.3 Å². The molecule has 0 saturated carbocycles. The van der Waals surface area contributed by atoms with Crippen molar-refractivity contribution in [2.24, 2.45) is 0 Å². The third-order valence-corrected chi connectivity index (χ3v) is 3.78. The summed E-state index contributed by atoms with van der Waals surface area (Å²) in [6.45, 7) is 5.37. The molecule has 0 aliphatic heterocycles. The second kappa shape index (κ2) is 9.40. The third-order valence-electron chi connectivity index (χ3n) is 3.78. The molecule has 0 bridgehead atoms. The Kier molecular flexibility index (Phi) is 6.97. The van der Waals surface area contributed by atoms with E-state index in [0.29, 0.717) is 40.4 Å². The van der Waals surface area contributed by atoms with Crippen LogP contribution in [-0.2, 0) is 4.79 Å². The van der Waals surface area contributed by atoms with Gasteiger partial charge in [0, 0.05) is 23.5 Å². The quantitative estimate of drug-likeness (QED) is 0.584. The van der Waals surface area contributed by atoms with E-state index in [0.717, 1.165) is 0 Å². The van der Waals surface area contributed by atoms with Gasteiger partial charge in [0.1, 0.15) is 5.75 Å². The Bertz CT molecular complexity index is 872. The zero-order chi connectivity index (χ0) is 20.7. The van der Waals surface area contributed by atoms with E-state index in [2.05, 4.69) is 16.0 Å². The molecule has 8 nitrogen and oxygen atoms in total. The van der Waals surface area contributed by atoms with Crippen molar-refractivity contribution < 1.29 is 24.2 Å². The Hall–Kier alpha value is -3.55. The fourth-order valence-electron chi connectivity index (χ4n) is 2.66. The monoisotopic (exact) mass is 385 g/mol. The maximum absolute atomic E-state index is 12.6. The molecule has 2 aromatic carbocycles. The van der Waals surface area contributed by atoms with Gasteiger partial charge in [-0.15, -0.1) is 0 Å². The lowest BCUT2D eigenvalue weighted by Gasteiger charge is -2.13. The standard InChI is InChI=1S/C20H23N3O5/c1-4-21-20(27)23-16-7-5-6-15(10-16)22-19(26)14-8-12(2)18(13(3)9-14)28-11-17(24)25/h5-10H,4,11H2,1-3H3,(H,22,26)(H,24,25)(H2,21,23,27). The van der Waals surface area contributed by atoms with Gasteiger partial charge in [0.15, 0.2) is 6.61 Å². The molecule has 28 heavy (non-hydrogen) atoms. The number of hydrogen-bond acceptors (Lipinski definition) is 4. The summed E-state index contributed by atoms with van der Waals surface area (Å²) in [5.74, 6) is -0.944. The summed E-state index contributed by atoms with van der Waals surface area (Å²) in [6.07, 6.45) is 0. The molecule has 2 rings (SSSR count). The topological polar surface area (TPSA) is 117 Å². The number of rotatable bonds is 7. The van der Waals surface area contributed by atoms with Gasteiger partial charge in [0.05, 0.1) is 0 Å². The number of benzene rings is 2. The van der Waals surface area contributed by atoms with E-state index in [9.17, 15) is 14.4 Å². The number of anilines is 2. The molecule has 4 N–H and O–H groups in total. The van der Waals surface area contributed by atoms with Crippen molar-refractivity contribution in [3.63, 3.8) is 0 Å². The molecule has 0 atom stereocenters. The molecule has 0 radical (unpaired) electrons. The van der Waals surface area contributed by atoms with Crippen molar-refractivity contribution in [2.45, 2.75) is 20.8 Å². The predicted molar refractivity (Wildman–Crippen MR) is 106 cm³/mol. The molecule has 148 valence electrons. The fourth-order valence-corrected chi connectivity index (χ4v) is 2.66. The summed E-state index contributed by atoms with van der Waals surface area (Å²) in [6, 6.07) is 9.74. The molecule has 0 saturated heterocycles. The highest BCUT2D eigenvalue weighted by molar-refractivity contribution is 6.05. The van der Waals surface area contributed by atoms with Gasteiger partial charge in [-0.25, -0.2) is 9.59 Å². The highest BCUT2D eigenvalue weighted by Gasteiger charge is 2.13. The Labute approximate surface area is 162 Å². The van der Waals surface area contributed by atoms with E-state index in [-0.39, 0.29) is 11.9 Å². The van der Waals surface area contributed by atoms with Gasteiger partial charge in [-0.3, -0.25) is 4.79 Å². The van der Waals surface area contributed by atoms with Crippen LogP contribution in [0.15, 0.2) is 36.4 Å². The van der Waals surface area contributed by atoms with Crippen LogP contribution in [0.1, 0.15) is 28.4 Å². The van der Waals surface area contributed by atoms with Gasteiger partial charge < -0.3 is 25.8 Å². The number of carboxylic acid groups (broad SMARTS) is 1. The Morgan fingerprint density at radius 3 is 2.18 bits per heavy atom. The first-order valence-electron chi connectivity index (χ1n) is 8.72. The van der Waals surface area contributed by atoms with Crippen LogP contribution in [0.25, 0.3) is 0 Å². The zero-order valence-electron chi connectivity index (χ0n) is 16.0. The van der Waals surface area contributed by atoms with Gasteiger partial charge in [0.2, 0.25) is 0 Å². The molecule has 0 aliphatic carbocycles. The van der Waals surface area contributed by atoms with Crippen LogP contribution in [0.5, 0.6) is 5.75 Å². The molecule has 0 aliphatic rings. The maximum Gasteiger partial charge on any atom is 0.341 e. The molecule has 0 heterocycles. The SMILES string of the molecule is CCNC(=O)Nc1cccc(NC(=O)c2cc(C)c(OCC(=O)O)c(C)c2)c1. The first-order chi connectivity index (χ1) is 13.3. The Balaban J connectivity index is 2.12. The molecule has 0 aromatic heterocycles. The van der Waals surface area contributed by atoms with E-state index in [1.54, 1.807) is 50.2 Å². The number of aliphatic carboxylic acids is 1. The molecular weight excluding hydrogens is 362 g/mol. The minimum Gasteiger partial charge on any atom is -0.481 e. The number of carbonyl (C=O) groups is 3. The van der Waals surface area contributed by atoms with E-state index in [4.69, 9.17) is 9.84 Å². The number of amides is 3. The number of hydrogen-bond donors (Lipinski definition) is 4. The Morgan fingerprint density at radius 1 is 1.00 bits per heavy atom. The van der Waals surface area contributed by atoms with Crippen LogP contribution in [0.4, 0.5) is 16.2 Å². The van der Waals surface area contributed by atoms with E-state index >= 15 is 0 Å². The molecular formula is C20H23N3O5. The van der Waals surface area contributed by atoms with Crippen molar-refractivity contribution in [2.75, 3.05) is 23.8 Å². The van der Waals surface area contributed by atoms with Crippen molar-refractivity contribution in [1.29, 1.82) is 0 Å². The second-order valence-electron chi connectivity index (χ2n) is 6.14. The molecule has 3 amide bonds. The molecule has 0 fully saturated rings. The number of urea groups is 1. The third kappa shape index (κ3) is 5.73. The van der Waals surface area contributed by atoms with Crippen LogP contribution >= 0.6 is 0 Å². The van der Waals surface area contributed by atoms with Crippen LogP contribution in [-0.4, -0.2) is 36.2 Å². The predicted octanol–water partition coefficient (Wildman–Crippen LogP) is 3.16.